The van der Waals surface area contributed by atoms with Crippen LogP contribution in [-0.2, 0) is 16.4 Å². The molecule has 0 heterocycles. The van der Waals surface area contributed by atoms with Crippen LogP contribution >= 0.6 is 0 Å². The smallest absolute Gasteiger partial charge is 0.207 e. The summed E-state index contributed by atoms with van der Waals surface area (Å²) in [6.45, 7) is 1.86. The van der Waals surface area contributed by atoms with Gasteiger partial charge in [-0.25, -0.2) is 8.42 Å². The SMILES string of the molecule is CCCc1ccc(S(=O)(=O)NCC#N)cc1. The maximum Gasteiger partial charge on any atom is 0.241 e. The molecule has 0 fully saturated rings. The van der Waals surface area contributed by atoms with Gasteiger partial charge in [-0.05, 0) is 24.1 Å². The number of sulfonamides is 1. The maximum absolute atomic E-state index is 11.6. The highest BCUT2D eigenvalue weighted by Crippen LogP contribution is 2.11. The summed E-state index contributed by atoms with van der Waals surface area (Å²) in [5.74, 6) is 0. The molecule has 0 aromatic heterocycles. The molecule has 4 nitrogen and oxygen atoms in total. The third-order valence-corrected chi connectivity index (χ3v) is 3.53. The van der Waals surface area contributed by atoms with E-state index in [-0.39, 0.29) is 11.4 Å². The first-order valence-electron chi connectivity index (χ1n) is 5.05. The van der Waals surface area contributed by atoms with Crippen LogP contribution in [0.15, 0.2) is 29.2 Å². The van der Waals surface area contributed by atoms with E-state index in [9.17, 15) is 8.42 Å². The highest BCUT2D eigenvalue weighted by molar-refractivity contribution is 7.89. The number of nitriles is 1. The first-order chi connectivity index (χ1) is 7.60. The van der Waals surface area contributed by atoms with E-state index in [1.165, 1.54) is 0 Å². The second-order valence-corrected chi connectivity index (χ2v) is 5.14. The summed E-state index contributed by atoms with van der Waals surface area (Å²) in [7, 11) is -3.53. The summed E-state index contributed by atoms with van der Waals surface area (Å²) in [5, 5.41) is 8.31. The second-order valence-electron chi connectivity index (χ2n) is 3.38. The Morgan fingerprint density at radius 2 is 1.94 bits per heavy atom. The Morgan fingerprint density at radius 1 is 1.31 bits per heavy atom. The third kappa shape index (κ3) is 3.33. The number of hydrogen-bond acceptors (Lipinski definition) is 3. The molecule has 0 atom stereocenters. The van der Waals surface area contributed by atoms with E-state index in [4.69, 9.17) is 5.26 Å². The molecular formula is C11H14N2O2S. The molecule has 16 heavy (non-hydrogen) atoms. The van der Waals surface area contributed by atoms with Crippen molar-refractivity contribution in [3.8, 4) is 6.07 Å². The average Bonchev–Trinajstić information content (AvgIpc) is 2.28. The van der Waals surface area contributed by atoms with Crippen molar-refractivity contribution in [3.05, 3.63) is 29.8 Å². The number of hydrogen-bond donors (Lipinski definition) is 1. The molecule has 1 aromatic carbocycles. The van der Waals surface area contributed by atoms with Gasteiger partial charge in [-0.2, -0.15) is 9.98 Å². The minimum Gasteiger partial charge on any atom is -0.207 e. The molecule has 1 N–H and O–H groups in total. The van der Waals surface area contributed by atoms with Gasteiger partial charge in [0, 0.05) is 0 Å². The zero-order chi connectivity index (χ0) is 12.0. The van der Waals surface area contributed by atoms with Crippen LogP contribution in [0.4, 0.5) is 0 Å². The van der Waals surface area contributed by atoms with Gasteiger partial charge >= 0.3 is 0 Å². The van der Waals surface area contributed by atoms with Crippen molar-refractivity contribution in [1.82, 2.24) is 4.72 Å². The standard InChI is InChI=1S/C11H14N2O2S/c1-2-3-10-4-6-11(7-5-10)16(14,15)13-9-8-12/h4-7,13H,2-3,9H2,1H3. The first-order valence-corrected chi connectivity index (χ1v) is 6.54. The molecule has 0 spiro atoms. The van der Waals surface area contributed by atoms with Crippen molar-refractivity contribution >= 4 is 10.0 Å². The van der Waals surface area contributed by atoms with E-state index < -0.39 is 10.0 Å². The van der Waals surface area contributed by atoms with Crippen LogP contribution in [0.3, 0.4) is 0 Å². The summed E-state index contributed by atoms with van der Waals surface area (Å²) in [6.07, 6.45) is 1.96. The Bertz CT molecular complexity index is 472. The summed E-state index contributed by atoms with van der Waals surface area (Å²) >= 11 is 0. The minimum absolute atomic E-state index is 0.197. The van der Waals surface area contributed by atoms with E-state index in [0.29, 0.717) is 0 Å². The van der Waals surface area contributed by atoms with Gasteiger partial charge in [0.05, 0.1) is 17.5 Å². The Balaban J connectivity index is 2.85. The van der Waals surface area contributed by atoms with Gasteiger partial charge in [0.25, 0.3) is 0 Å². The second kappa shape index (κ2) is 5.64. The van der Waals surface area contributed by atoms with Gasteiger partial charge in [-0.3, -0.25) is 0 Å². The van der Waals surface area contributed by atoms with E-state index in [1.807, 2.05) is 0 Å². The Kier molecular flexibility index (Phi) is 4.47. The van der Waals surface area contributed by atoms with Crippen LogP contribution in [-0.4, -0.2) is 15.0 Å². The largest absolute Gasteiger partial charge is 0.241 e. The molecule has 0 saturated carbocycles. The average molecular weight is 238 g/mol. The van der Waals surface area contributed by atoms with Gasteiger partial charge < -0.3 is 0 Å². The van der Waals surface area contributed by atoms with Crippen LogP contribution in [0.1, 0.15) is 18.9 Å². The molecule has 1 rings (SSSR count). The molecule has 0 unspecified atom stereocenters. The Labute approximate surface area is 96.0 Å². The van der Waals surface area contributed by atoms with Crippen LogP contribution in [0.2, 0.25) is 0 Å². The molecular weight excluding hydrogens is 224 g/mol. The molecule has 0 aliphatic heterocycles. The van der Waals surface area contributed by atoms with Gasteiger partial charge in [-0.1, -0.05) is 25.5 Å². The predicted octanol–water partition coefficient (Wildman–Crippen LogP) is 1.44. The molecule has 0 aliphatic carbocycles. The molecule has 0 saturated heterocycles. The van der Waals surface area contributed by atoms with Gasteiger partial charge in [0.2, 0.25) is 10.0 Å². The highest BCUT2D eigenvalue weighted by Gasteiger charge is 2.12. The monoisotopic (exact) mass is 238 g/mol. The molecule has 5 heteroatoms. The Hall–Kier alpha value is -1.38. The number of aryl methyl sites for hydroxylation is 1. The van der Waals surface area contributed by atoms with Crippen LogP contribution in [0.5, 0.6) is 0 Å². The van der Waals surface area contributed by atoms with Crippen molar-refractivity contribution in [2.75, 3.05) is 6.54 Å². The zero-order valence-corrected chi connectivity index (χ0v) is 9.92. The van der Waals surface area contributed by atoms with Crippen LogP contribution in [0, 0.1) is 11.3 Å². The van der Waals surface area contributed by atoms with Crippen LogP contribution < -0.4 is 4.72 Å². The molecule has 0 radical (unpaired) electrons. The number of rotatable bonds is 5. The van der Waals surface area contributed by atoms with Crippen molar-refractivity contribution in [1.29, 1.82) is 5.26 Å². The summed E-state index contributed by atoms with van der Waals surface area (Å²) < 4.78 is 25.4. The van der Waals surface area contributed by atoms with E-state index in [2.05, 4.69) is 11.6 Å². The summed E-state index contributed by atoms with van der Waals surface area (Å²) in [5.41, 5.74) is 1.11. The summed E-state index contributed by atoms with van der Waals surface area (Å²) in [4.78, 5) is 0.197. The fourth-order valence-electron chi connectivity index (χ4n) is 1.33. The van der Waals surface area contributed by atoms with Crippen molar-refractivity contribution in [2.45, 2.75) is 24.7 Å². The lowest BCUT2D eigenvalue weighted by atomic mass is 10.1. The van der Waals surface area contributed by atoms with Crippen LogP contribution in [0.25, 0.3) is 0 Å². The zero-order valence-electron chi connectivity index (χ0n) is 9.10. The molecule has 1 aromatic rings. The fourth-order valence-corrected chi connectivity index (χ4v) is 2.25. The van der Waals surface area contributed by atoms with Crippen molar-refractivity contribution in [2.24, 2.45) is 0 Å². The molecule has 0 amide bonds. The highest BCUT2D eigenvalue weighted by atomic mass is 32.2. The van der Waals surface area contributed by atoms with Gasteiger partial charge in [0.15, 0.2) is 0 Å². The quantitative estimate of drug-likeness (QED) is 0.789. The fraction of sp³-hybridized carbons (Fsp3) is 0.364. The molecule has 86 valence electrons. The molecule has 0 aliphatic rings. The van der Waals surface area contributed by atoms with Crippen molar-refractivity contribution in [3.63, 3.8) is 0 Å². The lowest BCUT2D eigenvalue weighted by Crippen LogP contribution is -2.23. The lowest BCUT2D eigenvalue weighted by Gasteiger charge is -2.04. The lowest BCUT2D eigenvalue weighted by molar-refractivity contribution is 0.586. The predicted molar refractivity (Wildman–Crippen MR) is 61.2 cm³/mol. The summed E-state index contributed by atoms with van der Waals surface area (Å²) in [6, 6.07) is 8.45. The normalized spacial score (nSPS) is 11.0. The number of nitrogens with zero attached hydrogens (tertiary/aromatic N) is 1. The first kappa shape index (κ1) is 12.7. The number of nitrogens with one attached hydrogen (secondary N) is 1. The topological polar surface area (TPSA) is 70.0 Å². The minimum atomic E-state index is -3.53. The van der Waals surface area contributed by atoms with Gasteiger partial charge in [-0.15, -0.1) is 0 Å². The number of benzene rings is 1. The molecule has 0 bridgehead atoms. The van der Waals surface area contributed by atoms with E-state index in [0.717, 1.165) is 18.4 Å². The third-order valence-electron chi connectivity index (χ3n) is 2.11. The van der Waals surface area contributed by atoms with Gasteiger partial charge in [0.1, 0.15) is 0 Å². The van der Waals surface area contributed by atoms with Crippen molar-refractivity contribution < 1.29 is 8.42 Å². The Morgan fingerprint density at radius 3 is 2.44 bits per heavy atom. The van der Waals surface area contributed by atoms with E-state index in [1.54, 1.807) is 30.3 Å². The maximum atomic E-state index is 11.6. The van der Waals surface area contributed by atoms with E-state index >= 15 is 0 Å².